The first-order valence-electron chi connectivity index (χ1n) is 5.69. The molecular weight excluding hydrogens is 232 g/mol. The van der Waals surface area contributed by atoms with Crippen LogP contribution in [0.15, 0.2) is 24.3 Å². The van der Waals surface area contributed by atoms with E-state index in [1.54, 1.807) is 24.2 Å². The van der Waals surface area contributed by atoms with Crippen molar-refractivity contribution in [1.29, 1.82) is 0 Å². The molecule has 1 aromatic rings. The summed E-state index contributed by atoms with van der Waals surface area (Å²) in [5, 5.41) is 10.4. The summed E-state index contributed by atoms with van der Waals surface area (Å²) < 4.78 is 0. The summed E-state index contributed by atoms with van der Waals surface area (Å²) in [5.41, 5.74) is 1.64. The summed E-state index contributed by atoms with van der Waals surface area (Å²) in [6.07, 6.45) is 0.388. The van der Waals surface area contributed by atoms with E-state index in [4.69, 9.17) is 16.5 Å². The van der Waals surface area contributed by atoms with Crippen LogP contribution in [0, 0.1) is 6.57 Å². The molecule has 0 unspecified atom stereocenters. The fourth-order valence-electron chi connectivity index (χ4n) is 2.18. The highest BCUT2D eigenvalue weighted by Gasteiger charge is 2.33. The number of carboxylic acids is 1. The van der Waals surface area contributed by atoms with E-state index in [-0.39, 0.29) is 18.6 Å². The summed E-state index contributed by atoms with van der Waals surface area (Å²) in [7, 11) is 1.80. The minimum atomic E-state index is -0.850. The fourth-order valence-corrected chi connectivity index (χ4v) is 2.18. The van der Waals surface area contributed by atoms with E-state index in [9.17, 15) is 4.79 Å². The molecule has 0 saturated carbocycles. The van der Waals surface area contributed by atoms with Crippen LogP contribution >= 0.6 is 0 Å². The van der Waals surface area contributed by atoms with Crippen molar-refractivity contribution in [3.8, 4) is 0 Å². The number of benzene rings is 1. The fraction of sp³-hybridized carbons (Fsp3) is 0.385. The largest absolute Gasteiger partial charge is 0.481 e. The van der Waals surface area contributed by atoms with Gasteiger partial charge < -0.3 is 5.11 Å². The molecule has 1 saturated heterocycles. The minimum absolute atomic E-state index is 0.0149. The maximum Gasteiger partial charge on any atom is 0.306 e. The number of rotatable bonds is 3. The number of hydroxylamine groups is 2. The molecule has 1 heterocycles. The van der Waals surface area contributed by atoms with Gasteiger partial charge in [0.15, 0.2) is 5.69 Å². The van der Waals surface area contributed by atoms with Crippen molar-refractivity contribution in [2.75, 3.05) is 7.05 Å². The molecule has 0 amide bonds. The maximum atomic E-state index is 10.7. The smallest absolute Gasteiger partial charge is 0.306 e. The first-order chi connectivity index (χ1) is 8.60. The lowest BCUT2D eigenvalue weighted by atomic mass is 10.0. The lowest BCUT2D eigenvalue weighted by Crippen LogP contribution is -2.18. The van der Waals surface area contributed by atoms with E-state index in [0.29, 0.717) is 12.1 Å². The van der Waals surface area contributed by atoms with Gasteiger partial charge in [-0.05, 0) is 12.0 Å². The van der Waals surface area contributed by atoms with Gasteiger partial charge in [0.05, 0.1) is 25.1 Å². The molecule has 5 heteroatoms. The van der Waals surface area contributed by atoms with Gasteiger partial charge in [-0.25, -0.2) is 4.85 Å². The molecule has 1 fully saturated rings. The second kappa shape index (κ2) is 5.17. The molecule has 1 aliphatic heterocycles. The SMILES string of the molecule is [C-]#[N+]c1ccc([C@@H]2C[C@H](CC(=O)O)ON2C)cc1. The summed E-state index contributed by atoms with van der Waals surface area (Å²) in [6, 6.07) is 7.36. The van der Waals surface area contributed by atoms with Gasteiger partial charge in [-0.3, -0.25) is 9.63 Å². The van der Waals surface area contributed by atoms with Crippen LogP contribution in [0.3, 0.4) is 0 Å². The van der Waals surface area contributed by atoms with Crippen LogP contribution in [0.25, 0.3) is 4.85 Å². The standard InChI is InChI=1S/C13H14N2O3/c1-14-10-5-3-9(4-6-10)12-7-11(8-13(16)17)18-15(12)2/h3-6,11-12H,7-8H2,2H3,(H,16,17)/t11-,12+/m1/s1. The Bertz CT molecular complexity index is 478. The quantitative estimate of drug-likeness (QED) is 0.832. The van der Waals surface area contributed by atoms with Gasteiger partial charge in [0, 0.05) is 7.05 Å². The first-order valence-corrected chi connectivity index (χ1v) is 5.69. The molecular formula is C13H14N2O3. The molecule has 0 aliphatic carbocycles. The van der Waals surface area contributed by atoms with Crippen molar-refractivity contribution in [2.45, 2.75) is 25.0 Å². The number of nitrogens with zero attached hydrogens (tertiary/aromatic N) is 2. The second-order valence-corrected chi connectivity index (χ2v) is 4.33. The molecule has 1 N–H and O–H groups in total. The van der Waals surface area contributed by atoms with Crippen molar-refractivity contribution in [3.63, 3.8) is 0 Å². The van der Waals surface area contributed by atoms with E-state index in [1.807, 2.05) is 12.1 Å². The van der Waals surface area contributed by atoms with E-state index in [0.717, 1.165) is 5.56 Å². The van der Waals surface area contributed by atoms with Crippen molar-refractivity contribution in [1.82, 2.24) is 5.06 Å². The molecule has 5 nitrogen and oxygen atoms in total. The molecule has 94 valence electrons. The molecule has 0 aromatic heterocycles. The van der Waals surface area contributed by atoms with Crippen molar-refractivity contribution in [2.24, 2.45) is 0 Å². The predicted octanol–water partition coefficient (Wildman–Crippen LogP) is 2.39. The Morgan fingerprint density at radius 2 is 2.22 bits per heavy atom. The summed E-state index contributed by atoms with van der Waals surface area (Å²) in [6.45, 7) is 6.90. The molecule has 0 bridgehead atoms. The lowest BCUT2D eigenvalue weighted by molar-refractivity contribution is -0.159. The summed E-state index contributed by atoms with van der Waals surface area (Å²) >= 11 is 0. The Morgan fingerprint density at radius 1 is 1.56 bits per heavy atom. The number of hydrogen-bond acceptors (Lipinski definition) is 3. The van der Waals surface area contributed by atoms with Crippen LogP contribution < -0.4 is 0 Å². The Morgan fingerprint density at radius 3 is 2.78 bits per heavy atom. The maximum absolute atomic E-state index is 10.7. The van der Waals surface area contributed by atoms with E-state index in [2.05, 4.69) is 4.85 Å². The summed E-state index contributed by atoms with van der Waals surface area (Å²) in [5.74, 6) is -0.850. The van der Waals surface area contributed by atoms with Crippen LogP contribution in [-0.2, 0) is 9.63 Å². The minimum Gasteiger partial charge on any atom is -0.481 e. The van der Waals surface area contributed by atoms with Crippen LogP contribution in [-0.4, -0.2) is 29.3 Å². The van der Waals surface area contributed by atoms with Gasteiger partial charge >= 0.3 is 5.97 Å². The molecule has 2 rings (SSSR count). The van der Waals surface area contributed by atoms with Crippen LogP contribution in [0.2, 0.25) is 0 Å². The van der Waals surface area contributed by atoms with Gasteiger partial charge in [0.25, 0.3) is 0 Å². The van der Waals surface area contributed by atoms with Gasteiger partial charge in [0.2, 0.25) is 0 Å². The molecule has 1 aliphatic rings. The Balaban J connectivity index is 2.09. The highest BCUT2D eigenvalue weighted by Crippen LogP contribution is 2.34. The topological polar surface area (TPSA) is 54.1 Å². The predicted molar refractivity (Wildman–Crippen MR) is 65.0 cm³/mol. The Hall–Kier alpha value is -1.90. The van der Waals surface area contributed by atoms with Crippen molar-refractivity contribution >= 4 is 11.7 Å². The van der Waals surface area contributed by atoms with E-state index in [1.165, 1.54) is 0 Å². The highest BCUT2D eigenvalue weighted by atomic mass is 16.7. The monoisotopic (exact) mass is 246 g/mol. The first kappa shape index (κ1) is 12.6. The van der Waals surface area contributed by atoms with E-state index >= 15 is 0 Å². The average Bonchev–Trinajstić information content (AvgIpc) is 2.69. The van der Waals surface area contributed by atoms with Gasteiger partial charge in [-0.15, -0.1) is 0 Å². The number of carbonyl (C=O) groups is 1. The van der Waals surface area contributed by atoms with Gasteiger partial charge in [-0.1, -0.05) is 24.3 Å². The third kappa shape index (κ3) is 2.67. The third-order valence-electron chi connectivity index (χ3n) is 3.05. The Kier molecular flexibility index (Phi) is 3.60. The zero-order valence-corrected chi connectivity index (χ0v) is 10.0. The van der Waals surface area contributed by atoms with Gasteiger partial charge in [-0.2, -0.15) is 5.06 Å². The van der Waals surface area contributed by atoms with Crippen molar-refractivity contribution < 1.29 is 14.7 Å². The van der Waals surface area contributed by atoms with Crippen molar-refractivity contribution in [3.05, 3.63) is 41.2 Å². The molecule has 0 spiro atoms. The number of hydrogen-bond donors (Lipinski definition) is 1. The molecule has 0 radical (unpaired) electrons. The third-order valence-corrected chi connectivity index (χ3v) is 3.05. The average molecular weight is 246 g/mol. The van der Waals surface area contributed by atoms with Crippen LogP contribution in [0.4, 0.5) is 5.69 Å². The second-order valence-electron chi connectivity index (χ2n) is 4.33. The van der Waals surface area contributed by atoms with Crippen LogP contribution in [0.5, 0.6) is 0 Å². The molecule has 2 atom stereocenters. The van der Waals surface area contributed by atoms with E-state index < -0.39 is 5.97 Å². The summed E-state index contributed by atoms with van der Waals surface area (Å²) in [4.78, 5) is 19.5. The normalized spacial score (nSPS) is 23.8. The number of aliphatic carboxylic acids is 1. The number of carboxylic acid groups (broad SMARTS) is 1. The van der Waals surface area contributed by atoms with Gasteiger partial charge in [0.1, 0.15) is 0 Å². The van der Waals surface area contributed by atoms with Crippen LogP contribution in [0.1, 0.15) is 24.4 Å². The zero-order chi connectivity index (χ0) is 13.1. The highest BCUT2D eigenvalue weighted by molar-refractivity contribution is 5.67. The Labute approximate surface area is 105 Å². The lowest BCUT2D eigenvalue weighted by Gasteiger charge is -2.17. The molecule has 18 heavy (non-hydrogen) atoms. The molecule has 1 aromatic carbocycles. The zero-order valence-electron chi connectivity index (χ0n) is 10.0.